The van der Waals surface area contributed by atoms with Crippen molar-refractivity contribution in [2.24, 2.45) is 0 Å². The monoisotopic (exact) mass is 302 g/mol. The third kappa shape index (κ3) is 2.82. The van der Waals surface area contributed by atoms with E-state index in [0.29, 0.717) is 11.4 Å². The minimum Gasteiger partial charge on any atom is -0.328 e. The summed E-state index contributed by atoms with van der Waals surface area (Å²) in [6.07, 6.45) is -3.41. The standard InChI is InChI=1S/C14H14ClF3N2/c1-9(2)20-8-12(14(16,17)18)19-13(20)11-6-4-3-5-10(11)7-15/h3-6,8-9H,7H2,1-2H3. The molecule has 1 aromatic carbocycles. The van der Waals surface area contributed by atoms with Crippen LogP contribution in [0.15, 0.2) is 30.5 Å². The normalized spacial score (nSPS) is 12.2. The molecule has 2 rings (SSSR count). The molecular weight excluding hydrogens is 289 g/mol. The number of hydrogen-bond donors (Lipinski definition) is 0. The Kier molecular flexibility index (Phi) is 4.09. The lowest BCUT2D eigenvalue weighted by atomic mass is 10.1. The number of benzene rings is 1. The zero-order valence-corrected chi connectivity index (χ0v) is 11.8. The molecule has 0 aliphatic heterocycles. The van der Waals surface area contributed by atoms with E-state index in [1.165, 1.54) is 4.57 Å². The molecule has 1 aromatic heterocycles. The predicted octanol–water partition coefficient (Wildman–Crippen LogP) is 4.89. The Morgan fingerprint density at radius 3 is 2.45 bits per heavy atom. The van der Waals surface area contributed by atoms with Gasteiger partial charge in [0.15, 0.2) is 5.69 Å². The molecule has 0 saturated heterocycles. The van der Waals surface area contributed by atoms with Gasteiger partial charge < -0.3 is 4.57 Å². The second kappa shape index (κ2) is 5.48. The van der Waals surface area contributed by atoms with Crippen LogP contribution >= 0.6 is 11.6 Å². The highest BCUT2D eigenvalue weighted by Gasteiger charge is 2.35. The van der Waals surface area contributed by atoms with E-state index in [-0.39, 0.29) is 11.9 Å². The summed E-state index contributed by atoms with van der Waals surface area (Å²) in [6, 6.07) is 6.96. The summed E-state index contributed by atoms with van der Waals surface area (Å²) in [7, 11) is 0. The van der Waals surface area contributed by atoms with Gasteiger partial charge in [0, 0.05) is 23.7 Å². The highest BCUT2D eigenvalue weighted by molar-refractivity contribution is 6.17. The average molecular weight is 303 g/mol. The molecule has 0 saturated carbocycles. The first-order chi connectivity index (χ1) is 9.34. The molecule has 108 valence electrons. The molecule has 2 nitrogen and oxygen atoms in total. The van der Waals surface area contributed by atoms with E-state index in [1.807, 2.05) is 13.8 Å². The number of rotatable bonds is 3. The van der Waals surface area contributed by atoms with Crippen molar-refractivity contribution in [1.82, 2.24) is 9.55 Å². The van der Waals surface area contributed by atoms with Gasteiger partial charge in [0.1, 0.15) is 5.82 Å². The van der Waals surface area contributed by atoms with Gasteiger partial charge in [0.2, 0.25) is 0 Å². The van der Waals surface area contributed by atoms with Gasteiger partial charge >= 0.3 is 6.18 Å². The van der Waals surface area contributed by atoms with E-state index in [0.717, 1.165) is 11.8 Å². The minimum absolute atomic E-state index is 0.128. The molecule has 6 heteroatoms. The topological polar surface area (TPSA) is 17.8 Å². The van der Waals surface area contributed by atoms with E-state index < -0.39 is 11.9 Å². The molecule has 0 unspecified atom stereocenters. The molecule has 0 amide bonds. The van der Waals surface area contributed by atoms with Crippen molar-refractivity contribution in [2.75, 3.05) is 0 Å². The van der Waals surface area contributed by atoms with Crippen molar-refractivity contribution in [3.8, 4) is 11.4 Å². The lowest BCUT2D eigenvalue weighted by molar-refractivity contribution is -0.140. The van der Waals surface area contributed by atoms with E-state index >= 15 is 0 Å². The maximum Gasteiger partial charge on any atom is 0.434 e. The Hall–Kier alpha value is -1.49. The van der Waals surface area contributed by atoms with Crippen LogP contribution < -0.4 is 0 Å². The van der Waals surface area contributed by atoms with E-state index in [2.05, 4.69) is 4.98 Å². The van der Waals surface area contributed by atoms with Crippen LogP contribution in [0, 0.1) is 0 Å². The molecule has 0 atom stereocenters. The van der Waals surface area contributed by atoms with Crippen LogP contribution in [0.1, 0.15) is 31.1 Å². The SMILES string of the molecule is CC(C)n1cc(C(F)(F)F)nc1-c1ccccc1CCl. The molecule has 1 heterocycles. The van der Waals surface area contributed by atoms with Crippen molar-refractivity contribution in [2.45, 2.75) is 31.9 Å². The lowest BCUT2D eigenvalue weighted by Crippen LogP contribution is -2.05. The molecule has 0 aliphatic rings. The van der Waals surface area contributed by atoms with Gasteiger partial charge in [-0.1, -0.05) is 24.3 Å². The van der Waals surface area contributed by atoms with Gasteiger partial charge in [0.05, 0.1) is 0 Å². The van der Waals surface area contributed by atoms with Crippen molar-refractivity contribution >= 4 is 11.6 Å². The fraction of sp³-hybridized carbons (Fsp3) is 0.357. The summed E-state index contributed by atoms with van der Waals surface area (Å²) in [5.74, 6) is 0.520. The Bertz CT molecular complexity index is 603. The maximum atomic E-state index is 12.8. The highest BCUT2D eigenvalue weighted by atomic mass is 35.5. The van der Waals surface area contributed by atoms with Crippen LogP contribution in [-0.4, -0.2) is 9.55 Å². The van der Waals surface area contributed by atoms with Gasteiger partial charge in [-0.2, -0.15) is 13.2 Å². The summed E-state index contributed by atoms with van der Waals surface area (Å²) >= 11 is 5.85. The number of halogens is 4. The second-order valence-corrected chi connectivity index (χ2v) is 5.01. The van der Waals surface area contributed by atoms with Gasteiger partial charge in [-0.15, -0.1) is 11.6 Å². The lowest BCUT2D eigenvalue weighted by Gasteiger charge is -2.13. The number of hydrogen-bond acceptors (Lipinski definition) is 1. The highest BCUT2D eigenvalue weighted by Crippen LogP contribution is 2.33. The van der Waals surface area contributed by atoms with Gasteiger partial charge in [-0.05, 0) is 19.4 Å². The predicted molar refractivity (Wildman–Crippen MR) is 72.6 cm³/mol. The molecule has 0 bridgehead atoms. The van der Waals surface area contributed by atoms with Crippen LogP contribution in [-0.2, 0) is 12.1 Å². The van der Waals surface area contributed by atoms with E-state index in [4.69, 9.17) is 11.6 Å². The Labute approximate surface area is 120 Å². The Morgan fingerprint density at radius 1 is 1.25 bits per heavy atom. The van der Waals surface area contributed by atoms with Crippen molar-refractivity contribution in [3.63, 3.8) is 0 Å². The largest absolute Gasteiger partial charge is 0.434 e. The zero-order valence-electron chi connectivity index (χ0n) is 11.1. The number of nitrogens with zero attached hydrogens (tertiary/aromatic N) is 2. The molecule has 20 heavy (non-hydrogen) atoms. The smallest absolute Gasteiger partial charge is 0.328 e. The third-order valence-electron chi connectivity index (χ3n) is 2.98. The molecule has 0 aliphatic carbocycles. The zero-order chi connectivity index (χ0) is 14.9. The number of aromatic nitrogens is 2. The second-order valence-electron chi connectivity index (χ2n) is 4.74. The quantitative estimate of drug-likeness (QED) is 0.738. The summed E-state index contributed by atoms with van der Waals surface area (Å²) in [4.78, 5) is 3.76. The number of alkyl halides is 4. The molecule has 0 radical (unpaired) electrons. The molecule has 2 aromatic rings. The number of imidazole rings is 1. The van der Waals surface area contributed by atoms with Crippen LogP contribution in [0.4, 0.5) is 13.2 Å². The van der Waals surface area contributed by atoms with Gasteiger partial charge in [0.25, 0.3) is 0 Å². The first-order valence-corrected chi connectivity index (χ1v) is 6.68. The molecule has 0 N–H and O–H groups in total. The summed E-state index contributed by atoms with van der Waals surface area (Å²) in [5, 5.41) is 0. The minimum atomic E-state index is -4.45. The fourth-order valence-electron chi connectivity index (χ4n) is 1.98. The maximum absolute atomic E-state index is 12.8. The van der Waals surface area contributed by atoms with E-state index in [1.54, 1.807) is 24.3 Å². The van der Waals surface area contributed by atoms with Crippen LogP contribution in [0.25, 0.3) is 11.4 Å². The van der Waals surface area contributed by atoms with Crippen molar-refractivity contribution in [1.29, 1.82) is 0 Å². The van der Waals surface area contributed by atoms with Gasteiger partial charge in [-0.3, -0.25) is 0 Å². The average Bonchev–Trinajstić information content (AvgIpc) is 2.83. The summed E-state index contributed by atoms with van der Waals surface area (Å²) in [5.41, 5.74) is 0.507. The third-order valence-corrected chi connectivity index (χ3v) is 3.27. The van der Waals surface area contributed by atoms with Crippen LogP contribution in [0.5, 0.6) is 0 Å². The van der Waals surface area contributed by atoms with Crippen molar-refractivity contribution in [3.05, 3.63) is 41.7 Å². The van der Waals surface area contributed by atoms with Gasteiger partial charge in [-0.25, -0.2) is 4.98 Å². The Morgan fingerprint density at radius 2 is 1.90 bits per heavy atom. The summed E-state index contributed by atoms with van der Waals surface area (Å²) in [6.45, 7) is 3.63. The first-order valence-electron chi connectivity index (χ1n) is 6.15. The first kappa shape index (κ1) is 14.9. The van der Waals surface area contributed by atoms with E-state index in [9.17, 15) is 13.2 Å². The van der Waals surface area contributed by atoms with Crippen LogP contribution in [0.3, 0.4) is 0 Å². The van der Waals surface area contributed by atoms with Crippen LogP contribution in [0.2, 0.25) is 0 Å². The molecule has 0 spiro atoms. The molecule has 0 fully saturated rings. The fourth-order valence-corrected chi connectivity index (χ4v) is 2.21. The Balaban J connectivity index is 2.63. The summed E-state index contributed by atoms with van der Waals surface area (Å²) < 4.78 is 40.0. The molecular formula is C14H14ClF3N2. The van der Waals surface area contributed by atoms with Crippen molar-refractivity contribution < 1.29 is 13.2 Å².